The third-order valence-corrected chi connectivity index (χ3v) is 13.8. The summed E-state index contributed by atoms with van der Waals surface area (Å²) in [7, 11) is -11.4. The van der Waals surface area contributed by atoms with Gasteiger partial charge in [0.05, 0.1) is 30.8 Å². The van der Waals surface area contributed by atoms with Gasteiger partial charge in [-0.15, -0.1) is 0 Å². The summed E-state index contributed by atoms with van der Waals surface area (Å²) in [5, 5.41) is -0.220. The van der Waals surface area contributed by atoms with Gasteiger partial charge in [-0.2, -0.15) is 8.78 Å². The van der Waals surface area contributed by atoms with E-state index in [4.69, 9.17) is 13.5 Å². The van der Waals surface area contributed by atoms with Gasteiger partial charge >= 0.3 is 13.3 Å². The Balaban J connectivity index is 3.29. The monoisotopic (exact) mass is 529 g/mol. The van der Waals surface area contributed by atoms with Crippen molar-refractivity contribution in [1.82, 2.24) is 4.72 Å². The molecule has 0 amide bonds. The molecule has 7 nitrogen and oxygen atoms in total. The van der Waals surface area contributed by atoms with E-state index < -0.39 is 44.1 Å². The molecule has 0 aliphatic carbocycles. The summed E-state index contributed by atoms with van der Waals surface area (Å²) in [5.41, 5.74) is -3.08. The zero-order chi connectivity index (χ0) is 25.7. The molecule has 0 fully saturated rings. The van der Waals surface area contributed by atoms with E-state index in [9.17, 15) is 13.0 Å². The predicted octanol–water partition coefficient (Wildman–Crippen LogP) is 5.91. The number of alkyl halides is 2. The van der Waals surface area contributed by atoms with Crippen molar-refractivity contribution in [2.75, 3.05) is 19.8 Å². The molecule has 1 N–H and O–H groups in total. The molecule has 0 saturated carbocycles. The fourth-order valence-corrected chi connectivity index (χ4v) is 6.49. The highest BCUT2D eigenvalue weighted by Crippen LogP contribution is 2.63. The van der Waals surface area contributed by atoms with Crippen LogP contribution in [0.25, 0.3) is 0 Å². The minimum absolute atomic E-state index is 0.0634. The van der Waals surface area contributed by atoms with Crippen LogP contribution in [0.4, 0.5) is 8.78 Å². The van der Waals surface area contributed by atoms with E-state index in [1.54, 1.807) is 19.1 Å². The lowest BCUT2D eigenvalue weighted by Gasteiger charge is -2.38. The number of sulfonamides is 1. The number of hydrogen-bond acceptors (Lipinski definition) is 6. The van der Waals surface area contributed by atoms with Crippen LogP contribution < -0.4 is 4.72 Å². The lowest BCUT2D eigenvalue weighted by molar-refractivity contribution is 0.0199. The summed E-state index contributed by atoms with van der Waals surface area (Å²) in [6, 6.07) is 4.65. The molecule has 1 rings (SSSR count). The van der Waals surface area contributed by atoms with E-state index in [0.29, 0.717) is 0 Å². The Labute approximate surface area is 198 Å². The van der Waals surface area contributed by atoms with Crippen LogP contribution in [0.15, 0.2) is 29.2 Å². The SMILES string of the molecule is CCOP(=O)(OCC)C(F)(F)CC(CO[Si](C)(C)C(C)(C)C)NS(=O)(=O)c1ccc(C)cc1. The molecule has 0 aromatic heterocycles. The minimum Gasteiger partial charge on any atom is -0.415 e. The van der Waals surface area contributed by atoms with Crippen LogP contribution in [0.2, 0.25) is 18.1 Å². The Kier molecular flexibility index (Phi) is 10.5. The molecule has 0 bridgehead atoms. The van der Waals surface area contributed by atoms with E-state index in [-0.39, 0.29) is 29.8 Å². The van der Waals surface area contributed by atoms with Crippen LogP contribution >= 0.6 is 7.60 Å². The topological polar surface area (TPSA) is 90.9 Å². The molecule has 1 aromatic rings. The lowest BCUT2D eigenvalue weighted by atomic mass is 10.2. The van der Waals surface area contributed by atoms with Crippen LogP contribution in [0.1, 0.15) is 46.6 Å². The second kappa shape index (κ2) is 11.4. The van der Waals surface area contributed by atoms with Crippen molar-refractivity contribution in [2.24, 2.45) is 0 Å². The van der Waals surface area contributed by atoms with Crippen molar-refractivity contribution in [3.8, 4) is 0 Å². The molecular formula is C21H38F2NO6PSSi. The molecule has 12 heteroatoms. The Hall–Kier alpha value is -0.683. The number of rotatable bonds is 13. The van der Waals surface area contributed by atoms with Crippen LogP contribution in [-0.2, 0) is 28.1 Å². The Morgan fingerprint density at radius 1 is 1.06 bits per heavy atom. The molecular weight excluding hydrogens is 491 g/mol. The highest BCUT2D eigenvalue weighted by molar-refractivity contribution is 7.89. The first-order valence-corrected chi connectivity index (χ1v) is 16.8. The predicted molar refractivity (Wildman–Crippen MR) is 129 cm³/mol. The van der Waals surface area contributed by atoms with Gasteiger partial charge in [0.15, 0.2) is 8.32 Å². The highest BCUT2D eigenvalue weighted by Gasteiger charge is 2.54. The summed E-state index contributed by atoms with van der Waals surface area (Å²) in [5.74, 6) is 0. The van der Waals surface area contributed by atoms with E-state index >= 15 is 8.78 Å². The van der Waals surface area contributed by atoms with Crippen LogP contribution in [0.5, 0.6) is 0 Å². The zero-order valence-electron chi connectivity index (χ0n) is 20.8. The number of halogens is 2. The van der Waals surface area contributed by atoms with E-state index in [0.717, 1.165) is 5.56 Å². The van der Waals surface area contributed by atoms with Crippen LogP contribution in [-0.4, -0.2) is 48.3 Å². The summed E-state index contributed by atoms with van der Waals surface area (Å²) < 4.78 is 87.1. The van der Waals surface area contributed by atoms with E-state index in [1.165, 1.54) is 26.0 Å². The lowest BCUT2D eigenvalue weighted by Crippen LogP contribution is -2.48. The van der Waals surface area contributed by atoms with E-state index in [2.05, 4.69) is 4.72 Å². The molecule has 0 heterocycles. The van der Waals surface area contributed by atoms with Gasteiger partial charge in [-0.25, -0.2) is 13.1 Å². The smallest absolute Gasteiger partial charge is 0.399 e. The van der Waals surface area contributed by atoms with Crippen molar-refractivity contribution < 1.29 is 35.2 Å². The molecule has 1 aromatic carbocycles. The van der Waals surface area contributed by atoms with Crippen molar-refractivity contribution in [3.63, 3.8) is 0 Å². The maximum Gasteiger partial charge on any atom is 0.399 e. The molecule has 0 spiro atoms. The van der Waals surface area contributed by atoms with Gasteiger partial charge in [0.1, 0.15) is 0 Å². The first kappa shape index (κ1) is 30.3. The summed E-state index contributed by atoms with van der Waals surface area (Å²) >= 11 is 0. The average molecular weight is 530 g/mol. The molecule has 1 unspecified atom stereocenters. The third-order valence-electron chi connectivity index (χ3n) is 5.60. The number of benzene rings is 1. The van der Waals surface area contributed by atoms with Crippen molar-refractivity contribution in [1.29, 1.82) is 0 Å². The summed E-state index contributed by atoms with van der Waals surface area (Å²) in [6.07, 6.45) is -1.11. The Bertz CT molecular complexity index is 910. The third kappa shape index (κ3) is 8.19. The molecule has 0 aliphatic rings. The molecule has 33 heavy (non-hydrogen) atoms. The minimum atomic E-state index is -4.83. The van der Waals surface area contributed by atoms with Crippen molar-refractivity contribution >= 4 is 25.9 Å². The Morgan fingerprint density at radius 3 is 1.97 bits per heavy atom. The molecule has 0 aliphatic heterocycles. The maximum absolute atomic E-state index is 15.2. The molecule has 0 radical (unpaired) electrons. The fraction of sp³-hybridized carbons (Fsp3) is 0.714. The van der Waals surface area contributed by atoms with Crippen molar-refractivity contribution in [3.05, 3.63) is 29.8 Å². The van der Waals surface area contributed by atoms with Gasteiger partial charge in [-0.05, 0) is 51.0 Å². The Morgan fingerprint density at radius 2 is 1.55 bits per heavy atom. The van der Waals surface area contributed by atoms with Crippen LogP contribution in [0, 0.1) is 6.92 Å². The van der Waals surface area contributed by atoms with Gasteiger partial charge in [-0.1, -0.05) is 38.5 Å². The first-order chi connectivity index (χ1) is 14.9. The standard InChI is InChI=1S/C21H38F2NO6PSSi/c1-9-28-31(25,29-10-2)21(22,23)15-18(16-30-33(7,8)20(4,5)6)24-32(26,27)19-13-11-17(3)12-14-19/h11-14,18,24H,9-10,15-16H2,1-8H3. The van der Waals surface area contributed by atoms with Gasteiger partial charge in [-0.3, -0.25) is 4.57 Å². The van der Waals surface area contributed by atoms with E-state index in [1.807, 2.05) is 33.9 Å². The van der Waals surface area contributed by atoms with Gasteiger partial charge in [0.25, 0.3) is 0 Å². The number of hydrogen-bond donors (Lipinski definition) is 1. The van der Waals surface area contributed by atoms with Gasteiger partial charge < -0.3 is 13.5 Å². The molecule has 1 atom stereocenters. The molecule has 192 valence electrons. The largest absolute Gasteiger partial charge is 0.415 e. The first-order valence-electron chi connectivity index (χ1n) is 10.9. The fourth-order valence-electron chi connectivity index (χ4n) is 2.64. The quantitative estimate of drug-likeness (QED) is 0.252. The second-order valence-electron chi connectivity index (χ2n) is 9.41. The zero-order valence-corrected chi connectivity index (χ0v) is 23.5. The number of aryl methyl sites for hydroxylation is 1. The van der Waals surface area contributed by atoms with Gasteiger partial charge in [0, 0.05) is 6.42 Å². The molecule has 0 saturated heterocycles. The summed E-state index contributed by atoms with van der Waals surface area (Å²) in [6.45, 7) is 13.7. The normalized spacial score (nSPS) is 15.0. The highest BCUT2D eigenvalue weighted by atomic mass is 32.2. The average Bonchev–Trinajstić information content (AvgIpc) is 2.65. The summed E-state index contributed by atoms with van der Waals surface area (Å²) in [4.78, 5) is -0.0634. The van der Waals surface area contributed by atoms with Crippen molar-refractivity contribution in [2.45, 2.75) is 82.7 Å². The second-order valence-corrected chi connectivity index (χ2v) is 18.1. The van der Waals surface area contributed by atoms with Gasteiger partial charge in [0.2, 0.25) is 10.0 Å². The number of nitrogens with one attached hydrogen (secondary N) is 1. The maximum atomic E-state index is 15.2. The van der Waals surface area contributed by atoms with Crippen LogP contribution in [0.3, 0.4) is 0 Å².